The Morgan fingerprint density at radius 3 is 2.87 bits per heavy atom. The van der Waals surface area contributed by atoms with Crippen LogP contribution in [0.15, 0.2) is 48.0 Å². The van der Waals surface area contributed by atoms with Gasteiger partial charge in [-0.25, -0.2) is 0 Å². The highest BCUT2D eigenvalue weighted by Gasteiger charge is 2.22. The lowest BCUT2D eigenvalue weighted by atomic mass is 10.0. The Balaban J connectivity index is 1.13. The number of thiophene rings is 1. The fraction of sp³-hybridized carbons (Fsp3) is 0.320. The highest BCUT2D eigenvalue weighted by atomic mass is 32.1. The number of likely N-dealkylation sites (N-methyl/N-ethyl adjacent to an activating group) is 1. The van der Waals surface area contributed by atoms with Crippen LogP contribution in [0.2, 0.25) is 0 Å². The fourth-order valence-electron chi connectivity index (χ4n) is 4.19. The topological polar surface area (TPSA) is 42.0 Å². The summed E-state index contributed by atoms with van der Waals surface area (Å²) in [6, 6.07) is 12.5. The van der Waals surface area contributed by atoms with E-state index in [1.807, 2.05) is 40.6 Å². The molecule has 2 aromatic carbocycles. The van der Waals surface area contributed by atoms with Gasteiger partial charge in [-0.1, -0.05) is 18.2 Å². The van der Waals surface area contributed by atoms with Crippen LogP contribution in [0.1, 0.15) is 23.1 Å². The van der Waals surface area contributed by atoms with E-state index < -0.39 is 0 Å². The van der Waals surface area contributed by atoms with Gasteiger partial charge < -0.3 is 19.3 Å². The fourth-order valence-corrected chi connectivity index (χ4v) is 5.18. The number of nitrogens with zero attached hydrogens (tertiary/aromatic N) is 2. The minimum absolute atomic E-state index is 0.126. The summed E-state index contributed by atoms with van der Waals surface area (Å²) in [6.07, 6.45) is 6.30. The molecule has 0 unspecified atom stereocenters. The number of carbonyl (C=O) groups excluding carboxylic acids is 1. The molecular formula is C25H26N2O3S. The molecule has 1 amide bonds. The van der Waals surface area contributed by atoms with Crippen molar-refractivity contribution >= 4 is 33.4 Å². The molecule has 2 aliphatic heterocycles. The first-order valence-corrected chi connectivity index (χ1v) is 11.6. The molecule has 0 bridgehead atoms. The van der Waals surface area contributed by atoms with Crippen molar-refractivity contribution in [2.75, 3.05) is 33.5 Å². The molecule has 5 rings (SSSR count). The zero-order valence-electron chi connectivity index (χ0n) is 17.7. The molecule has 0 saturated heterocycles. The first-order valence-electron chi connectivity index (χ1n) is 10.7. The van der Waals surface area contributed by atoms with Crippen LogP contribution in [0.4, 0.5) is 0 Å². The number of rotatable bonds is 7. The molecule has 160 valence electrons. The van der Waals surface area contributed by atoms with Gasteiger partial charge in [-0.3, -0.25) is 4.79 Å². The summed E-state index contributed by atoms with van der Waals surface area (Å²) in [5, 5.41) is 3.66. The van der Waals surface area contributed by atoms with Gasteiger partial charge in [-0.2, -0.15) is 0 Å². The van der Waals surface area contributed by atoms with E-state index in [1.54, 1.807) is 0 Å². The molecule has 1 aromatic heterocycles. The molecule has 31 heavy (non-hydrogen) atoms. The van der Waals surface area contributed by atoms with Gasteiger partial charge >= 0.3 is 0 Å². The SMILES string of the molecule is CN(CCCN1C=Cc2cc3c(cc2CC1=O)OCO3)CCc1csc2ccccc12. The van der Waals surface area contributed by atoms with E-state index in [1.165, 1.54) is 15.6 Å². The summed E-state index contributed by atoms with van der Waals surface area (Å²) < 4.78 is 12.3. The second-order valence-electron chi connectivity index (χ2n) is 8.15. The van der Waals surface area contributed by atoms with Crippen LogP contribution in [-0.2, 0) is 17.6 Å². The van der Waals surface area contributed by atoms with Gasteiger partial charge in [0.05, 0.1) is 6.42 Å². The Bertz CT molecular complexity index is 1140. The number of amides is 1. The van der Waals surface area contributed by atoms with E-state index in [-0.39, 0.29) is 12.7 Å². The largest absolute Gasteiger partial charge is 0.454 e. The van der Waals surface area contributed by atoms with Gasteiger partial charge in [0.15, 0.2) is 11.5 Å². The van der Waals surface area contributed by atoms with Crippen molar-refractivity contribution in [2.24, 2.45) is 0 Å². The maximum Gasteiger partial charge on any atom is 0.231 e. The molecule has 0 saturated carbocycles. The van der Waals surface area contributed by atoms with Crippen LogP contribution >= 0.6 is 11.3 Å². The molecule has 3 aromatic rings. The minimum atomic E-state index is 0.126. The van der Waals surface area contributed by atoms with Crippen LogP contribution in [0, 0.1) is 0 Å². The zero-order chi connectivity index (χ0) is 21.2. The lowest BCUT2D eigenvalue weighted by Gasteiger charge is -2.20. The third-order valence-electron chi connectivity index (χ3n) is 5.99. The predicted octanol–water partition coefficient (Wildman–Crippen LogP) is 4.55. The Morgan fingerprint density at radius 2 is 1.97 bits per heavy atom. The number of ether oxygens (including phenoxy) is 2. The Hall–Kier alpha value is -2.83. The lowest BCUT2D eigenvalue weighted by Crippen LogP contribution is -2.30. The molecular weight excluding hydrogens is 408 g/mol. The normalized spacial score (nSPS) is 15.0. The average molecular weight is 435 g/mol. The van der Waals surface area contributed by atoms with E-state index in [2.05, 4.69) is 41.6 Å². The third-order valence-corrected chi connectivity index (χ3v) is 7.01. The quantitative estimate of drug-likeness (QED) is 0.547. The molecule has 0 fully saturated rings. The molecule has 5 nitrogen and oxygen atoms in total. The molecule has 0 spiro atoms. The summed E-state index contributed by atoms with van der Waals surface area (Å²) in [5.41, 5.74) is 3.45. The highest BCUT2D eigenvalue weighted by molar-refractivity contribution is 7.17. The standard InChI is InChI=1S/C25H26N2O3S/c1-26(11-7-19-16-31-24-6-3-2-5-21(19)24)9-4-10-27-12-8-18-13-22-23(30-17-29-22)14-20(18)15-25(27)28/h2-3,5-6,8,12-14,16H,4,7,9-11,15,17H2,1H3. The Kier molecular flexibility index (Phi) is 5.66. The average Bonchev–Trinajstić information content (AvgIpc) is 3.37. The van der Waals surface area contributed by atoms with Gasteiger partial charge in [0.2, 0.25) is 12.7 Å². The van der Waals surface area contributed by atoms with E-state index >= 15 is 0 Å². The molecule has 0 aliphatic carbocycles. The summed E-state index contributed by atoms with van der Waals surface area (Å²) in [4.78, 5) is 16.9. The number of carbonyl (C=O) groups is 1. The number of benzene rings is 2. The van der Waals surface area contributed by atoms with E-state index in [0.717, 1.165) is 55.1 Å². The van der Waals surface area contributed by atoms with Crippen molar-refractivity contribution in [1.29, 1.82) is 0 Å². The minimum Gasteiger partial charge on any atom is -0.454 e. The summed E-state index contributed by atoms with van der Waals surface area (Å²) in [6.45, 7) is 2.95. The van der Waals surface area contributed by atoms with Crippen molar-refractivity contribution in [3.63, 3.8) is 0 Å². The highest BCUT2D eigenvalue weighted by Crippen LogP contribution is 2.36. The van der Waals surface area contributed by atoms with E-state index in [4.69, 9.17) is 9.47 Å². The first kappa shape index (κ1) is 20.1. The van der Waals surface area contributed by atoms with E-state index in [0.29, 0.717) is 6.42 Å². The molecule has 0 N–H and O–H groups in total. The summed E-state index contributed by atoms with van der Waals surface area (Å²) >= 11 is 1.82. The summed E-state index contributed by atoms with van der Waals surface area (Å²) in [7, 11) is 2.16. The van der Waals surface area contributed by atoms with Gasteiger partial charge in [0.1, 0.15) is 0 Å². The monoisotopic (exact) mass is 434 g/mol. The summed E-state index contributed by atoms with van der Waals surface area (Å²) in [5.74, 6) is 1.61. The van der Waals surface area contributed by atoms with Gasteiger partial charge in [-0.05, 0) is 78.2 Å². The van der Waals surface area contributed by atoms with Gasteiger partial charge in [-0.15, -0.1) is 11.3 Å². The lowest BCUT2D eigenvalue weighted by molar-refractivity contribution is -0.127. The van der Waals surface area contributed by atoms with Crippen LogP contribution in [0.3, 0.4) is 0 Å². The van der Waals surface area contributed by atoms with E-state index in [9.17, 15) is 4.79 Å². The zero-order valence-corrected chi connectivity index (χ0v) is 18.5. The van der Waals surface area contributed by atoms with Crippen molar-refractivity contribution in [1.82, 2.24) is 9.80 Å². The van der Waals surface area contributed by atoms with Crippen molar-refractivity contribution in [3.05, 3.63) is 64.7 Å². The van der Waals surface area contributed by atoms with Crippen LogP contribution in [0.5, 0.6) is 11.5 Å². The molecule has 3 heterocycles. The Labute approximate surface area is 186 Å². The molecule has 6 heteroatoms. The number of hydrogen-bond donors (Lipinski definition) is 0. The first-order chi connectivity index (χ1) is 15.2. The second-order valence-corrected chi connectivity index (χ2v) is 9.06. The van der Waals surface area contributed by atoms with Crippen molar-refractivity contribution in [2.45, 2.75) is 19.3 Å². The second kappa shape index (κ2) is 8.73. The maximum absolute atomic E-state index is 12.7. The van der Waals surface area contributed by atoms with Gasteiger partial charge in [0.25, 0.3) is 0 Å². The molecule has 2 aliphatic rings. The molecule has 0 radical (unpaired) electrons. The Morgan fingerprint density at radius 1 is 1.13 bits per heavy atom. The molecule has 0 atom stereocenters. The van der Waals surface area contributed by atoms with Crippen LogP contribution in [-0.4, -0.2) is 49.2 Å². The van der Waals surface area contributed by atoms with Crippen molar-refractivity contribution < 1.29 is 14.3 Å². The van der Waals surface area contributed by atoms with Gasteiger partial charge in [0, 0.05) is 24.0 Å². The van der Waals surface area contributed by atoms with Crippen LogP contribution < -0.4 is 9.47 Å². The predicted molar refractivity (Wildman–Crippen MR) is 125 cm³/mol. The number of fused-ring (bicyclic) bond motifs is 3. The van der Waals surface area contributed by atoms with Crippen LogP contribution in [0.25, 0.3) is 16.2 Å². The third kappa shape index (κ3) is 4.31. The van der Waals surface area contributed by atoms with Crippen molar-refractivity contribution in [3.8, 4) is 11.5 Å². The number of hydrogen-bond acceptors (Lipinski definition) is 5. The maximum atomic E-state index is 12.7. The smallest absolute Gasteiger partial charge is 0.231 e.